The van der Waals surface area contributed by atoms with Gasteiger partial charge in [-0.2, -0.15) is 11.8 Å². The third-order valence-electron chi connectivity index (χ3n) is 4.83. The average molecular weight is 337 g/mol. The van der Waals surface area contributed by atoms with Crippen LogP contribution in [0.5, 0.6) is 0 Å². The first-order valence-corrected chi connectivity index (χ1v) is 9.65. The zero-order chi connectivity index (χ0) is 16.7. The van der Waals surface area contributed by atoms with Gasteiger partial charge in [0.1, 0.15) is 6.10 Å². The van der Waals surface area contributed by atoms with Gasteiger partial charge in [-0.1, -0.05) is 30.3 Å². The largest absolute Gasteiger partial charge is 0.383 e. The zero-order valence-electron chi connectivity index (χ0n) is 14.1. The molecule has 1 aromatic rings. The van der Waals surface area contributed by atoms with Gasteiger partial charge in [-0.25, -0.2) is 0 Å². The zero-order valence-corrected chi connectivity index (χ0v) is 14.9. The molecule has 0 radical (unpaired) electrons. The number of amides is 1. The standard InChI is InChI=1S/C18H28N2O2S/c1-20-11-9-18(10-12-20,15-6-4-3-5-7-15)14-19-17(22)16(21)8-13-23-2/h3-7,16,21H,8-14H2,1-2H3,(H,19,22). The summed E-state index contributed by atoms with van der Waals surface area (Å²) in [5.74, 6) is 0.553. The molecule has 1 unspecified atom stereocenters. The van der Waals surface area contributed by atoms with Crippen LogP contribution in [-0.2, 0) is 10.2 Å². The van der Waals surface area contributed by atoms with Crippen molar-refractivity contribution in [3.8, 4) is 0 Å². The van der Waals surface area contributed by atoms with Gasteiger partial charge in [0.15, 0.2) is 0 Å². The number of carbonyl (C=O) groups excluding carboxylic acids is 1. The molecule has 0 saturated carbocycles. The normalized spacial score (nSPS) is 19.3. The maximum atomic E-state index is 12.1. The Balaban J connectivity index is 2.03. The number of nitrogens with one attached hydrogen (secondary N) is 1. The number of likely N-dealkylation sites (tertiary alicyclic amines) is 1. The number of thioether (sulfide) groups is 1. The van der Waals surface area contributed by atoms with Crippen LogP contribution in [0.15, 0.2) is 30.3 Å². The highest BCUT2D eigenvalue weighted by molar-refractivity contribution is 7.98. The second-order valence-electron chi connectivity index (χ2n) is 6.46. The molecule has 0 aromatic heterocycles. The van der Waals surface area contributed by atoms with Crippen molar-refractivity contribution in [2.24, 2.45) is 0 Å². The van der Waals surface area contributed by atoms with Crippen LogP contribution in [0.2, 0.25) is 0 Å². The predicted octanol–water partition coefficient (Wildman–Crippen LogP) is 1.88. The maximum Gasteiger partial charge on any atom is 0.248 e. The van der Waals surface area contributed by atoms with Crippen molar-refractivity contribution in [1.82, 2.24) is 10.2 Å². The van der Waals surface area contributed by atoms with Gasteiger partial charge in [0.2, 0.25) is 5.91 Å². The van der Waals surface area contributed by atoms with Crippen molar-refractivity contribution in [3.63, 3.8) is 0 Å². The number of aliphatic hydroxyl groups is 1. The molecular formula is C18H28N2O2S. The van der Waals surface area contributed by atoms with E-state index in [4.69, 9.17) is 0 Å². The number of benzene rings is 1. The molecule has 2 N–H and O–H groups in total. The summed E-state index contributed by atoms with van der Waals surface area (Å²) in [4.78, 5) is 14.5. The molecule has 0 bridgehead atoms. The lowest BCUT2D eigenvalue weighted by Gasteiger charge is -2.41. The molecule has 23 heavy (non-hydrogen) atoms. The van der Waals surface area contributed by atoms with Crippen molar-refractivity contribution in [2.45, 2.75) is 30.8 Å². The lowest BCUT2D eigenvalue weighted by Crippen LogP contribution is -2.49. The molecule has 4 nitrogen and oxygen atoms in total. The summed E-state index contributed by atoms with van der Waals surface area (Å²) in [6, 6.07) is 10.5. The van der Waals surface area contributed by atoms with Crippen LogP contribution in [-0.4, -0.2) is 60.7 Å². The van der Waals surface area contributed by atoms with E-state index in [2.05, 4.69) is 41.5 Å². The Morgan fingerprint density at radius 2 is 2.00 bits per heavy atom. The summed E-state index contributed by atoms with van der Waals surface area (Å²) in [7, 11) is 2.14. The van der Waals surface area contributed by atoms with E-state index in [9.17, 15) is 9.90 Å². The molecule has 0 aliphatic carbocycles. The Hall–Kier alpha value is -1.04. The van der Waals surface area contributed by atoms with Crippen molar-refractivity contribution >= 4 is 17.7 Å². The molecule has 1 atom stereocenters. The molecule has 1 fully saturated rings. The number of piperidine rings is 1. The van der Waals surface area contributed by atoms with Crippen LogP contribution in [0.25, 0.3) is 0 Å². The number of carbonyl (C=O) groups is 1. The number of hydrogen-bond donors (Lipinski definition) is 2. The van der Waals surface area contributed by atoms with Crippen LogP contribution in [0.1, 0.15) is 24.8 Å². The number of rotatable bonds is 7. The third-order valence-corrected chi connectivity index (χ3v) is 5.47. The summed E-state index contributed by atoms with van der Waals surface area (Å²) >= 11 is 1.64. The highest BCUT2D eigenvalue weighted by atomic mass is 32.2. The Morgan fingerprint density at radius 1 is 1.35 bits per heavy atom. The van der Waals surface area contributed by atoms with Crippen molar-refractivity contribution < 1.29 is 9.90 Å². The molecule has 1 aromatic carbocycles. The summed E-state index contributed by atoms with van der Waals surface area (Å²) in [5, 5.41) is 12.9. The second kappa shape index (κ2) is 8.71. The molecule has 0 spiro atoms. The van der Waals surface area contributed by atoms with Crippen molar-refractivity contribution in [1.29, 1.82) is 0 Å². The van der Waals surface area contributed by atoms with E-state index in [1.54, 1.807) is 11.8 Å². The molecule has 128 valence electrons. The first-order chi connectivity index (χ1) is 11.1. The van der Waals surface area contributed by atoms with E-state index < -0.39 is 6.10 Å². The van der Waals surface area contributed by atoms with E-state index in [1.165, 1.54) is 5.56 Å². The number of nitrogens with zero attached hydrogens (tertiary/aromatic N) is 1. The summed E-state index contributed by atoms with van der Waals surface area (Å²) in [5.41, 5.74) is 1.26. The third kappa shape index (κ3) is 4.96. The van der Waals surface area contributed by atoms with Gasteiger partial charge in [0.25, 0.3) is 0 Å². The minimum atomic E-state index is -0.901. The van der Waals surface area contributed by atoms with Crippen molar-refractivity contribution in [2.75, 3.05) is 38.7 Å². The fourth-order valence-electron chi connectivity index (χ4n) is 3.14. The first kappa shape index (κ1) is 18.3. The molecular weight excluding hydrogens is 308 g/mol. The molecule has 1 aliphatic rings. The topological polar surface area (TPSA) is 52.6 Å². The van der Waals surface area contributed by atoms with Crippen LogP contribution < -0.4 is 5.32 Å². The highest BCUT2D eigenvalue weighted by Gasteiger charge is 2.36. The Morgan fingerprint density at radius 3 is 2.61 bits per heavy atom. The maximum absolute atomic E-state index is 12.1. The summed E-state index contributed by atoms with van der Waals surface area (Å²) < 4.78 is 0. The molecule has 5 heteroatoms. The Labute approximate surface area is 143 Å². The monoisotopic (exact) mass is 336 g/mol. The van der Waals surface area contributed by atoms with E-state index in [1.807, 2.05) is 12.3 Å². The van der Waals surface area contributed by atoms with Gasteiger partial charge in [-0.15, -0.1) is 0 Å². The van der Waals surface area contributed by atoms with Gasteiger partial charge in [-0.3, -0.25) is 4.79 Å². The molecule has 2 rings (SSSR count). The number of hydrogen-bond acceptors (Lipinski definition) is 4. The predicted molar refractivity (Wildman–Crippen MR) is 96.9 cm³/mol. The fraction of sp³-hybridized carbons (Fsp3) is 0.611. The van der Waals surface area contributed by atoms with Crippen molar-refractivity contribution in [3.05, 3.63) is 35.9 Å². The first-order valence-electron chi connectivity index (χ1n) is 8.26. The van der Waals surface area contributed by atoms with Gasteiger partial charge >= 0.3 is 0 Å². The molecule has 1 saturated heterocycles. The Kier molecular flexibility index (Phi) is 6.93. The summed E-state index contributed by atoms with van der Waals surface area (Å²) in [6.07, 6.45) is 3.63. The van der Waals surface area contributed by atoms with E-state index in [-0.39, 0.29) is 11.3 Å². The SMILES string of the molecule is CSCCC(O)C(=O)NCC1(c2ccccc2)CCN(C)CC1. The lowest BCUT2D eigenvalue weighted by atomic mass is 9.72. The van der Waals surface area contributed by atoms with Crippen LogP contribution >= 0.6 is 11.8 Å². The van der Waals surface area contributed by atoms with Crippen LogP contribution in [0.3, 0.4) is 0 Å². The van der Waals surface area contributed by atoms with E-state index >= 15 is 0 Å². The van der Waals surface area contributed by atoms with Gasteiger partial charge in [-0.05, 0) is 57.0 Å². The van der Waals surface area contributed by atoms with E-state index in [0.29, 0.717) is 13.0 Å². The Bertz CT molecular complexity index is 487. The molecule has 1 heterocycles. The second-order valence-corrected chi connectivity index (χ2v) is 7.45. The minimum absolute atomic E-state index is 0.0251. The minimum Gasteiger partial charge on any atom is -0.383 e. The lowest BCUT2D eigenvalue weighted by molar-refractivity contribution is -0.129. The summed E-state index contributed by atoms with van der Waals surface area (Å²) in [6.45, 7) is 2.65. The molecule has 1 aliphatic heterocycles. The molecule has 1 amide bonds. The number of aliphatic hydroxyl groups excluding tert-OH is 1. The fourth-order valence-corrected chi connectivity index (χ4v) is 3.60. The smallest absolute Gasteiger partial charge is 0.248 e. The van der Waals surface area contributed by atoms with Gasteiger partial charge < -0.3 is 15.3 Å². The van der Waals surface area contributed by atoms with Crippen LogP contribution in [0, 0.1) is 0 Å². The quantitative estimate of drug-likeness (QED) is 0.798. The van der Waals surface area contributed by atoms with Crippen LogP contribution in [0.4, 0.5) is 0 Å². The van der Waals surface area contributed by atoms with E-state index in [0.717, 1.165) is 31.7 Å². The highest BCUT2D eigenvalue weighted by Crippen LogP contribution is 2.34. The van der Waals surface area contributed by atoms with Gasteiger partial charge in [0.05, 0.1) is 0 Å². The van der Waals surface area contributed by atoms with Gasteiger partial charge in [0, 0.05) is 12.0 Å². The average Bonchev–Trinajstić information content (AvgIpc) is 2.60.